The van der Waals surface area contributed by atoms with E-state index in [1.54, 1.807) is 0 Å². The molecule has 1 saturated heterocycles. The maximum atomic E-state index is 12.6. The van der Waals surface area contributed by atoms with Crippen molar-refractivity contribution in [3.05, 3.63) is 59.2 Å². The average molecular weight is 381 g/mol. The van der Waals surface area contributed by atoms with Crippen LogP contribution in [0.4, 0.5) is 0 Å². The van der Waals surface area contributed by atoms with Crippen LogP contribution in [-0.4, -0.2) is 43.8 Å². The molecule has 2 aliphatic rings. The summed E-state index contributed by atoms with van der Waals surface area (Å²) >= 11 is 0. The summed E-state index contributed by atoms with van der Waals surface area (Å²) in [7, 11) is 0. The Labute approximate surface area is 165 Å². The number of carbonyl (C=O) groups excluding carboxylic acids is 1. The van der Waals surface area contributed by atoms with E-state index in [9.17, 15) is 4.79 Å². The van der Waals surface area contributed by atoms with Crippen molar-refractivity contribution in [2.24, 2.45) is 0 Å². The molecule has 1 unspecified atom stereocenters. The number of fused-ring (bicyclic) bond motifs is 1. The lowest BCUT2D eigenvalue weighted by atomic mass is 10.0. The second-order valence-corrected chi connectivity index (χ2v) is 7.25. The van der Waals surface area contributed by atoms with Crippen LogP contribution < -0.4 is 20.1 Å². The van der Waals surface area contributed by atoms with Crippen molar-refractivity contribution in [1.29, 1.82) is 0 Å². The van der Waals surface area contributed by atoms with E-state index in [-0.39, 0.29) is 18.7 Å². The average Bonchev–Trinajstić information content (AvgIpc) is 3.21. The Hall–Kier alpha value is -2.57. The maximum absolute atomic E-state index is 12.6. The third-order valence-corrected chi connectivity index (χ3v) is 5.40. The SMILES string of the molecule is CCc1ccc(C2CNCCN2CC(=O)NCc2ccc3c(c2)OCO3)cc1. The summed E-state index contributed by atoms with van der Waals surface area (Å²) in [4.78, 5) is 14.8. The number of nitrogens with zero attached hydrogens (tertiary/aromatic N) is 1. The third kappa shape index (κ3) is 4.29. The highest BCUT2D eigenvalue weighted by atomic mass is 16.7. The van der Waals surface area contributed by atoms with Gasteiger partial charge in [0, 0.05) is 32.2 Å². The van der Waals surface area contributed by atoms with Crippen molar-refractivity contribution in [3.63, 3.8) is 0 Å². The van der Waals surface area contributed by atoms with Crippen molar-refractivity contribution in [2.45, 2.75) is 25.9 Å². The zero-order valence-corrected chi connectivity index (χ0v) is 16.2. The van der Waals surface area contributed by atoms with E-state index in [4.69, 9.17) is 9.47 Å². The van der Waals surface area contributed by atoms with Crippen LogP contribution >= 0.6 is 0 Å². The fourth-order valence-corrected chi connectivity index (χ4v) is 3.73. The smallest absolute Gasteiger partial charge is 0.234 e. The molecule has 6 heteroatoms. The van der Waals surface area contributed by atoms with Gasteiger partial charge in [-0.2, -0.15) is 0 Å². The van der Waals surface area contributed by atoms with Crippen LogP contribution in [-0.2, 0) is 17.8 Å². The first-order chi connectivity index (χ1) is 13.7. The van der Waals surface area contributed by atoms with Gasteiger partial charge in [-0.25, -0.2) is 0 Å². The van der Waals surface area contributed by atoms with Crippen LogP contribution in [0, 0.1) is 0 Å². The molecule has 1 atom stereocenters. The molecule has 0 saturated carbocycles. The minimum absolute atomic E-state index is 0.0368. The maximum Gasteiger partial charge on any atom is 0.234 e. The first kappa shape index (κ1) is 18.8. The van der Waals surface area contributed by atoms with Gasteiger partial charge in [-0.05, 0) is 35.2 Å². The number of rotatable bonds is 6. The van der Waals surface area contributed by atoms with Gasteiger partial charge in [-0.15, -0.1) is 0 Å². The van der Waals surface area contributed by atoms with Crippen LogP contribution in [0.15, 0.2) is 42.5 Å². The Balaban J connectivity index is 1.35. The highest BCUT2D eigenvalue weighted by molar-refractivity contribution is 5.78. The van der Waals surface area contributed by atoms with E-state index in [0.29, 0.717) is 13.1 Å². The second kappa shape index (κ2) is 8.63. The Kier molecular flexibility index (Phi) is 5.78. The molecule has 2 aromatic rings. The van der Waals surface area contributed by atoms with Crippen LogP contribution in [0.1, 0.15) is 29.7 Å². The monoisotopic (exact) mass is 381 g/mol. The molecule has 2 aromatic carbocycles. The topological polar surface area (TPSA) is 62.8 Å². The lowest BCUT2D eigenvalue weighted by Gasteiger charge is -2.36. The lowest BCUT2D eigenvalue weighted by molar-refractivity contribution is -0.123. The van der Waals surface area contributed by atoms with Gasteiger partial charge in [-0.3, -0.25) is 9.69 Å². The van der Waals surface area contributed by atoms with Crippen LogP contribution in [0.25, 0.3) is 0 Å². The fourth-order valence-electron chi connectivity index (χ4n) is 3.73. The molecule has 0 aromatic heterocycles. The molecular formula is C22H27N3O3. The van der Waals surface area contributed by atoms with Gasteiger partial charge < -0.3 is 20.1 Å². The summed E-state index contributed by atoms with van der Waals surface area (Å²) < 4.78 is 10.7. The van der Waals surface area contributed by atoms with Gasteiger partial charge in [0.2, 0.25) is 12.7 Å². The standard InChI is InChI=1S/C22H27N3O3/c1-2-16-3-6-18(7-4-16)19-13-23-9-10-25(19)14-22(26)24-12-17-5-8-20-21(11-17)28-15-27-20/h3-8,11,19,23H,2,9-10,12-15H2,1H3,(H,24,26). The van der Waals surface area contributed by atoms with Crippen LogP contribution in [0.3, 0.4) is 0 Å². The molecule has 2 N–H and O–H groups in total. The van der Waals surface area contributed by atoms with E-state index in [1.165, 1.54) is 11.1 Å². The van der Waals surface area contributed by atoms with Gasteiger partial charge in [-0.1, -0.05) is 37.3 Å². The van der Waals surface area contributed by atoms with E-state index >= 15 is 0 Å². The number of aryl methyl sites for hydroxylation is 1. The molecule has 0 bridgehead atoms. The Morgan fingerprint density at radius 1 is 1.14 bits per heavy atom. The predicted octanol–water partition coefficient (Wildman–Crippen LogP) is 2.24. The van der Waals surface area contributed by atoms with Gasteiger partial charge in [0.1, 0.15) is 0 Å². The minimum Gasteiger partial charge on any atom is -0.454 e. The number of piperazine rings is 1. The van der Waals surface area contributed by atoms with E-state index in [1.807, 2.05) is 18.2 Å². The number of ether oxygens (including phenoxy) is 2. The minimum atomic E-state index is 0.0368. The lowest BCUT2D eigenvalue weighted by Crippen LogP contribution is -2.49. The van der Waals surface area contributed by atoms with E-state index in [0.717, 1.165) is 43.1 Å². The molecule has 28 heavy (non-hydrogen) atoms. The largest absolute Gasteiger partial charge is 0.454 e. The fraction of sp³-hybridized carbons (Fsp3) is 0.409. The zero-order chi connectivity index (χ0) is 19.3. The Morgan fingerprint density at radius 2 is 1.93 bits per heavy atom. The molecule has 0 aliphatic carbocycles. The van der Waals surface area contributed by atoms with E-state index in [2.05, 4.69) is 46.7 Å². The van der Waals surface area contributed by atoms with Crippen molar-refractivity contribution in [3.8, 4) is 11.5 Å². The molecule has 2 heterocycles. The summed E-state index contributed by atoms with van der Waals surface area (Å²) in [5.41, 5.74) is 3.60. The van der Waals surface area contributed by atoms with Crippen molar-refractivity contribution < 1.29 is 14.3 Å². The number of hydrogen-bond donors (Lipinski definition) is 2. The highest BCUT2D eigenvalue weighted by Crippen LogP contribution is 2.32. The van der Waals surface area contributed by atoms with Gasteiger partial charge in [0.05, 0.1) is 6.54 Å². The van der Waals surface area contributed by atoms with Crippen molar-refractivity contribution >= 4 is 5.91 Å². The molecule has 2 aliphatic heterocycles. The third-order valence-electron chi connectivity index (χ3n) is 5.40. The number of carbonyl (C=O) groups is 1. The first-order valence-corrected chi connectivity index (χ1v) is 9.92. The highest BCUT2D eigenvalue weighted by Gasteiger charge is 2.25. The van der Waals surface area contributed by atoms with Crippen molar-refractivity contribution in [2.75, 3.05) is 33.0 Å². The van der Waals surface area contributed by atoms with Gasteiger partial charge in [0.25, 0.3) is 0 Å². The van der Waals surface area contributed by atoms with E-state index < -0.39 is 0 Å². The normalized spacial score (nSPS) is 18.8. The number of amides is 1. The first-order valence-electron chi connectivity index (χ1n) is 9.92. The predicted molar refractivity (Wildman–Crippen MR) is 107 cm³/mol. The summed E-state index contributed by atoms with van der Waals surface area (Å²) in [6.45, 7) is 5.92. The van der Waals surface area contributed by atoms with Gasteiger partial charge in [0.15, 0.2) is 11.5 Å². The molecule has 6 nitrogen and oxygen atoms in total. The molecule has 0 radical (unpaired) electrons. The second-order valence-electron chi connectivity index (χ2n) is 7.25. The van der Waals surface area contributed by atoms with Crippen LogP contribution in [0.5, 0.6) is 11.5 Å². The summed E-state index contributed by atoms with van der Waals surface area (Å²) in [5, 5.41) is 6.48. The Morgan fingerprint density at radius 3 is 2.75 bits per heavy atom. The molecular weight excluding hydrogens is 354 g/mol. The number of hydrogen-bond acceptors (Lipinski definition) is 5. The summed E-state index contributed by atoms with van der Waals surface area (Å²) in [6.07, 6.45) is 1.04. The molecule has 148 valence electrons. The molecule has 1 amide bonds. The molecule has 4 rings (SSSR count). The zero-order valence-electron chi connectivity index (χ0n) is 16.2. The van der Waals surface area contributed by atoms with Crippen LogP contribution in [0.2, 0.25) is 0 Å². The summed E-state index contributed by atoms with van der Waals surface area (Å²) in [5.74, 6) is 1.53. The van der Waals surface area contributed by atoms with Crippen molar-refractivity contribution in [1.82, 2.24) is 15.5 Å². The molecule has 0 spiro atoms. The molecule has 1 fully saturated rings. The quantitative estimate of drug-likeness (QED) is 0.804. The number of benzene rings is 2. The summed E-state index contributed by atoms with van der Waals surface area (Å²) in [6, 6.07) is 14.7. The number of nitrogens with one attached hydrogen (secondary N) is 2. The Bertz CT molecular complexity index is 822. The van der Waals surface area contributed by atoms with Gasteiger partial charge >= 0.3 is 0 Å².